The lowest BCUT2D eigenvalue weighted by molar-refractivity contribution is -0.438. The van der Waals surface area contributed by atoms with Crippen LogP contribution in [-0.4, -0.2) is 18.0 Å². The lowest BCUT2D eigenvalue weighted by atomic mass is 10.1. The average molecular weight is 216 g/mol. The number of carboxylic acid groups (broad SMARTS) is 2. The zero-order valence-corrected chi connectivity index (χ0v) is 8.87. The molecule has 0 aliphatic rings. The molecule has 0 rings (SSSR count). The van der Waals surface area contributed by atoms with Gasteiger partial charge in [0.1, 0.15) is 6.04 Å². The van der Waals surface area contributed by atoms with Gasteiger partial charge in [-0.25, -0.2) is 0 Å². The van der Waals surface area contributed by atoms with Crippen LogP contribution in [0.15, 0.2) is 0 Å². The van der Waals surface area contributed by atoms with Crippen LogP contribution in [0.2, 0.25) is 0 Å². The Balaban J connectivity index is 3.18. The maximum Gasteiger partial charge on any atom is 0.124 e. The summed E-state index contributed by atoms with van der Waals surface area (Å²) < 4.78 is 0. The summed E-state index contributed by atoms with van der Waals surface area (Å²) in [6.07, 6.45) is 4.75. The molecule has 0 radical (unpaired) electrons. The van der Waals surface area contributed by atoms with Crippen LogP contribution in [-0.2, 0) is 9.59 Å². The molecule has 0 saturated heterocycles. The minimum Gasteiger partial charge on any atom is -0.550 e. The van der Waals surface area contributed by atoms with Crippen molar-refractivity contribution < 1.29 is 25.5 Å². The van der Waals surface area contributed by atoms with Gasteiger partial charge in [0.2, 0.25) is 0 Å². The van der Waals surface area contributed by atoms with Crippen molar-refractivity contribution in [3.05, 3.63) is 0 Å². The Hall–Kier alpha value is -1.10. The minimum absolute atomic E-state index is 0.108. The van der Waals surface area contributed by atoms with Crippen molar-refractivity contribution in [1.29, 1.82) is 0 Å². The minimum atomic E-state index is -1.10. The van der Waals surface area contributed by atoms with Gasteiger partial charge in [-0.3, -0.25) is 0 Å². The summed E-state index contributed by atoms with van der Waals surface area (Å²) in [5.74, 6) is -2.11. The van der Waals surface area contributed by atoms with Crippen molar-refractivity contribution in [1.82, 2.24) is 0 Å². The van der Waals surface area contributed by atoms with E-state index in [1.807, 2.05) is 0 Å². The van der Waals surface area contributed by atoms with E-state index >= 15 is 0 Å². The van der Waals surface area contributed by atoms with Gasteiger partial charge in [-0.05, 0) is 19.3 Å². The van der Waals surface area contributed by atoms with E-state index < -0.39 is 18.0 Å². The molecule has 5 nitrogen and oxygen atoms in total. The first kappa shape index (κ1) is 13.9. The third-order valence-electron chi connectivity index (χ3n) is 2.27. The highest BCUT2D eigenvalue weighted by Crippen LogP contribution is 2.07. The van der Waals surface area contributed by atoms with Crippen molar-refractivity contribution in [2.75, 3.05) is 0 Å². The van der Waals surface area contributed by atoms with E-state index in [9.17, 15) is 19.8 Å². The van der Waals surface area contributed by atoms with Gasteiger partial charge in [-0.15, -0.1) is 0 Å². The van der Waals surface area contributed by atoms with E-state index in [0.29, 0.717) is 12.8 Å². The molecule has 0 heterocycles. The zero-order valence-electron chi connectivity index (χ0n) is 8.87. The van der Waals surface area contributed by atoms with Crippen LogP contribution >= 0.6 is 0 Å². The van der Waals surface area contributed by atoms with Crippen LogP contribution in [0.4, 0.5) is 0 Å². The van der Waals surface area contributed by atoms with Crippen LogP contribution in [0.3, 0.4) is 0 Å². The molecule has 3 N–H and O–H groups in total. The third-order valence-corrected chi connectivity index (χ3v) is 2.27. The molecule has 88 valence electrons. The summed E-state index contributed by atoms with van der Waals surface area (Å²) in [6.45, 7) is 0. The molecule has 0 bridgehead atoms. The molecule has 0 unspecified atom stereocenters. The highest BCUT2D eigenvalue weighted by Gasteiger charge is 2.05. The molecule has 15 heavy (non-hydrogen) atoms. The number of hydrogen-bond acceptors (Lipinski definition) is 4. The molecule has 0 aromatic rings. The number of hydrogen-bond donors (Lipinski definition) is 1. The van der Waals surface area contributed by atoms with Gasteiger partial charge in [0, 0.05) is 12.4 Å². The van der Waals surface area contributed by atoms with Gasteiger partial charge >= 0.3 is 0 Å². The highest BCUT2D eigenvalue weighted by molar-refractivity contribution is 5.68. The monoisotopic (exact) mass is 216 g/mol. The predicted octanol–water partition coefficient (Wildman–Crippen LogP) is -2.17. The fourth-order valence-electron chi connectivity index (χ4n) is 1.31. The smallest absolute Gasteiger partial charge is 0.124 e. The summed E-state index contributed by atoms with van der Waals surface area (Å²) in [6, 6.07) is -0.631. The van der Waals surface area contributed by atoms with Gasteiger partial charge in [-0.1, -0.05) is 19.3 Å². The van der Waals surface area contributed by atoms with Crippen molar-refractivity contribution >= 4 is 11.9 Å². The topological polar surface area (TPSA) is 108 Å². The second kappa shape index (κ2) is 8.23. The fraction of sp³-hybridized carbons (Fsp3) is 0.800. The molecule has 0 aliphatic heterocycles. The first-order valence-corrected chi connectivity index (χ1v) is 5.28. The van der Waals surface area contributed by atoms with Crippen LogP contribution < -0.4 is 15.9 Å². The summed E-state index contributed by atoms with van der Waals surface area (Å²) in [7, 11) is 0. The van der Waals surface area contributed by atoms with Gasteiger partial charge in [0.25, 0.3) is 0 Å². The first-order chi connectivity index (χ1) is 7.04. The zero-order chi connectivity index (χ0) is 11.7. The van der Waals surface area contributed by atoms with Crippen LogP contribution in [0.5, 0.6) is 0 Å². The Morgan fingerprint density at radius 3 is 2.07 bits per heavy atom. The van der Waals surface area contributed by atoms with Crippen LogP contribution in [0.25, 0.3) is 0 Å². The Bertz CT molecular complexity index is 206. The molecule has 1 atom stereocenters. The predicted molar refractivity (Wildman–Crippen MR) is 49.0 cm³/mol. The van der Waals surface area contributed by atoms with Gasteiger partial charge in [-0.2, -0.15) is 0 Å². The Morgan fingerprint density at radius 1 is 1.00 bits per heavy atom. The standard InChI is InChI=1S/C10H19NO4/c11-8(10(14)15)6-4-2-1-3-5-7-9(12)13/h8H,1-7,11H2,(H,12,13)(H,14,15)/p-1/t8-/m1/s1. The number of carbonyl (C=O) groups excluding carboxylic acids is 2. The molecule has 0 aromatic carbocycles. The third kappa shape index (κ3) is 9.21. The highest BCUT2D eigenvalue weighted by atomic mass is 16.4. The molecule has 0 aliphatic carbocycles. The van der Waals surface area contributed by atoms with Gasteiger partial charge in [0.05, 0.1) is 5.97 Å². The van der Waals surface area contributed by atoms with Crippen molar-refractivity contribution in [3.8, 4) is 0 Å². The van der Waals surface area contributed by atoms with Crippen molar-refractivity contribution in [3.63, 3.8) is 0 Å². The van der Waals surface area contributed by atoms with Gasteiger partial charge in [0.15, 0.2) is 0 Å². The van der Waals surface area contributed by atoms with E-state index in [1.54, 1.807) is 0 Å². The molecular formula is C10H18NO4-. The molecular weight excluding hydrogens is 198 g/mol. The number of unbranched alkanes of at least 4 members (excludes halogenated alkanes) is 4. The molecule has 5 heteroatoms. The van der Waals surface area contributed by atoms with E-state index in [4.69, 9.17) is 0 Å². The number of rotatable bonds is 9. The average Bonchev–Trinajstić information content (AvgIpc) is 2.15. The largest absolute Gasteiger partial charge is 0.550 e. The summed E-state index contributed by atoms with van der Waals surface area (Å²) in [4.78, 5) is 20.4. The second-order valence-electron chi connectivity index (χ2n) is 3.69. The maximum absolute atomic E-state index is 10.3. The van der Waals surface area contributed by atoms with E-state index in [0.717, 1.165) is 25.7 Å². The van der Waals surface area contributed by atoms with E-state index in [1.165, 1.54) is 0 Å². The molecule has 0 aromatic heterocycles. The second-order valence-corrected chi connectivity index (χ2v) is 3.69. The Labute approximate surface area is 89.3 Å². The lowest BCUT2D eigenvalue weighted by Gasteiger charge is -2.08. The lowest BCUT2D eigenvalue weighted by Crippen LogP contribution is -2.68. The SMILES string of the molecule is [NH3+][C@H](CCCCCCCC(=O)[O-])C(=O)[O-]. The Kier molecular flexibility index (Phi) is 7.62. The normalized spacial score (nSPS) is 12.3. The quantitative estimate of drug-likeness (QED) is 0.442. The number of aliphatic carboxylic acids is 2. The van der Waals surface area contributed by atoms with Crippen molar-refractivity contribution in [2.45, 2.75) is 51.0 Å². The van der Waals surface area contributed by atoms with Gasteiger partial charge < -0.3 is 25.5 Å². The van der Waals surface area contributed by atoms with Crippen LogP contribution in [0.1, 0.15) is 44.9 Å². The van der Waals surface area contributed by atoms with Crippen molar-refractivity contribution in [2.24, 2.45) is 0 Å². The summed E-state index contributed by atoms with van der Waals surface area (Å²) in [5.41, 5.74) is 3.45. The molecule has 0 fully saturated rings. The van der Waals surface area contributed by atoms with E-state index in [-0.39, 0.29) is 6.42 Å². The maximum atomic E-state index is 10.3. The first-order valence-electron chi connectivity index (χ1n) is 5.28. The molecule has 0 amide bonds. The van der Waals surface area contributed by atoms with E-state index in [2.05, 4.69) is 5.73 Å². The van der Waals surface area contributed by atoms with Crippen LogP contribution in [0, 0.1) is 0 Å². The number of quaternary nitrogens is 1. The summed E-state index contributed by atoms with van der Waals surface area (Å²) in [5, 5.41) is 20.4. The Morgan fingerprint density at radius 2 is 1.53 bits per heavy atom. The number of carbonyl (C=O) groups is 2. The molecule has 0 spiro atoms. The molecule has 0 saturated carbocycles. The summed E-state index contributed by atoms with van der Waals surface area (Å²) >= 11 is 0. The number of carboxylic acids is 2. The fourth-order valence-corrected chi connectivity index (χ4v) is 1.31.